The summed E-state index contributed by atoms with van der Waals surface area (Å²) < 4.78 is 35.3. The third-order valence-electron chi connectivity index (χ3n) is 8.12. The number of hydrogen-bond donors (Lipinski definition) is 2. The topological polar surface area (TPSA) is 127 Å². The van der Waals surface area contributed by atoms with Crippen molar-refractivity contribution in [1.29, 1.82) is 0 Å². The molecule has 11 nitrogen and oxygen atoms in total. The molecule has 46 heavy (non-hydrogen) atoms. The van der Waals surface area contributed by atoms with E-state index in [1.54, 1.807) is 6.07 Å². The minimum atomic E-state index is -2.92. The van der Waals surface area contributed by atoms with Crippen LogP contribution < -0.4 is 15.4 Å². The first-order valence-electron chi connectivity index (χ1n) is 15.3. The second-order valence-electron chi connectivity index (χ2n) is 14.1. The quantitative estimate of drug-likeness (QED) is 0.277. The summed E-state index contributed by atoms with van der Waals surface area (Å²) in [6.45, 7) is 10.6. The maximum Gasteiger partial charge on any atom is 0.320 e. The van der Waals surface area contributed by atoms with Crippen molar-refractivity contribution in [3.8, 4) is 5.75 Å². The normalized spacial score (nSPS) is 19.3. The second-order valence-corrected chi connectivity index (χ2v) is 14.1. The zero-order chi connectivity index (χ0) is 33.0. The number of alkyl halides is 2. The molecule has 2 N–H and O–H groups in total. The maximum absolute atomic E-state index is 13.4. The van der Waals surface area contributed by atoms with Gasteiger partial charge >= 0.3 is 6.03 Å². The van der Waals surface area contributed by atoms with Crippen molar-refractivity contribution in [1.82, 2.24) is 34.8 Å². The van der Waals surface area contributed by atoms with E-state index in [4.69, 9.17) is 4.74 Å². The van der Waals surface area contributed by atoms with Gasteiger partial charge in [0.1, 0.15) is 23.5 Å². The van der Waals surface area contributed by atoms with Crippen molar-refractivity contribution in [2.24, 2.45) is 0 Å². The summed E-state index contributed by atoms with van der Waals surface area (Å²) in [7, 11) is 0. The minimum absolute atomic E-state index is 0.109. The summed E-state index contributed by atoms with van der Waals surface area (Å²) in [4.78, 5) is 35.7. The van der Waals surface area contributed by atoms with Crippen LogP contribution in [0.5, 0.6) is 5.75 Å². The fourth-order valence-corrected chi connectivity index (χ4v) is 5.74. The summed E-state index contributed by atoms with van der Waals surface area (Å²) in [6, 6.07) is 12.4. The molecule has 4 heterocycles. The van der Waals surface area contributed by atoms with Gasteiger partial charge in [-0.15, -0.1) is 10.2 Å². The number of amides is 3. The van der Waals surface area contributed by atoms with Crippen molar-refractivity contribution in [3.63, 3.8) is 0 Å². The van der Waals surface area contributed by atoms with Gasteiger partial charge in [0.25, 0.3) is 11.8 Å². The molecule has 3 amide bonds. The van der Waals surface area contributed by atoms with E-state index in [1.165, 1.54) is 0 Å². The summed E-state index contributed by atoms with van der Waals surface area (Å²) in [5, 5.41) is 14.4. The molecule has 0 saturated carbocycles. The van der Waals surface area contributed by atoms with E-state index in [0.29, 0.717) is 24.3 Å². The fraction of sp³-hybridized carbons (Fsp3) is 0.455. The summed E-state index contributed by atoms with van der Waals surface area (Å²) >= 11 is 0. The van der Waals surface area contributed by atoms with E-state index in [1.807, 2.05) is 67.8 Å². The average Bonchev–Trinajstić information content (AvgIpc) is 3.40. The van der Waals surface area contributed by atoms with Crippen molar-refractivity contribution in [3.05, 3.63) is 77.1 Å². The Morgan fingerprint density at radius 2 is 1.65 bits per heavy atom. The number of pyridine rings is 1. The van der Waals surface area contributed by atoms with Crippen molar-refractivity contribution < 1.29 is 23.1 Å². The highest BCUT2D eigenvalue weighted by Gasteiger charge is 2.47. The molecule has 1 aliphatic carbocycles. The van der Waals surface area contributed by atoms with Gasteiger partial charge in [-0.2, -0.15) is 0 Å². The van der Waals surface area contributed by atoms with Crippen LogP contribution in [0.25, 0.3) is 5.65 Å². The number of ether oxygens (including phenoxy) is 1. The minimum Gasteiger partial charge on any atom is -0.484 e. The number of nitrogens with one attached hydrogen (secondary N) is 2. The Morgan fingerprint density at radius 1 is 0.935 bits per heavy atom. The molecule has 0 radical (unpaired) electrons. The number of benzene rings is 1. The molecular weight excluding hydrogens is 594 g/mol. The predicted molar refractivity (Wildman–Crippen MR) is 167 cm³/mol. The van der Waals surface area contributed by atoms with Gasteiger partial charge in [-0.05, 0) is 36.1 Å². The van der Waals surface area contributed by atoms with Gasteiger partial charge in [-0.1, -0.05) is 65.8 Å². The Balaban J connectivity index is 1.18. The first kappa shape index (κ1) is 31.3. The number of carbonyl (C=O) groups is 2. The smallest absolute Gasteiger partial charge is 0.320 e. The van der Waals surface area contributed by atoms with Crippen molar-refractivity contribution >= 4 is 23.4 Å². The number of aromatic nitrogens is 5. The molecule has 1 aromatic carbocycles. The first-order chi connectivity index (χ1) is 21.6. The largest absolute Gasteiger partial charge is 0.484 e. The van der Waals surface area contributed by atoms with Crippen LogP contribution in [-0.4, -0.2) is 60.4 Å². The zero-order valence-electron chi connectivity index (χ0n) is 26.8. The molecule has 0 spiro atoms. The van der Waals surface area contributed by atoms with E-state index in [9.17, 15) is 18.4 Å². The molecule has 2 atom stereocenters. The summed E-state index contributed by atoms with van der Waals surface area (Å²) in [6.07, 6.45) is 2.94. The Bertz CT molecular complexity index is 1800. The monoisotopic (exact) mass is 632 g/mol. The van der Waals surface area contributed by atoms with E-state index < -0.39 is 36.4 Å². The van der Waals surface area contributed by atoms with Crippen LogP contribution in [0.2, 0.25) is 0 Å². The summed E-state index contributed by atoms with van der Waals surface area (Å²) in [5.41, 5.74) is 2.45. The molecule has 1 saturated heterocycles. The van der Waals surface area contributed by atoms with Gasteiger partial charge in [0.2, 0.25) is 5.82 Å². The highest BCUT2D eigenvalue weighted by molar-refractivity contribution is 5.93. The number of urea groups is 1. The first-order valence-corrected chi connectivity index (χ1v) is 15.3. The molecule has 3 aromatic heterocycles. The third-order valence-corrected chi connectivity index (χ3v) is 8.12. The molecule has 242 valence electrons. The number of nitrogens with zero attached hydrogens (tertiary/aromatic N) is 6. The Hall–Kier alpha value is -4.68. The lowest BCUT2D eigenvalue weighted by atomic mass is 9.85. The second kappa shape index (κ2) is 11.3. The van der Waals surface area contributed by atoms with Crippen molar-refractivity contribution in [2.45, 2.75) is 83.3 Å². The fourth-order valence-electron chi connectivity index (χ4n) is 5.74. The van der Waals surface area contributed by atoms with E-state index in [2.05, 4.69) is 51.6 Å². The zero-order valence-corrected chi connectivity index (χ0v) is 26.8. The standard InChI is InChI=1S/C33H38F2N8O3/c1-31(2,3)24-15-25(38-27(37-24)28(44)42-17-33(34,35)18-42)39-30(45)36-22-12-13-23(21-10-8-7-9-20(21)22)46-19-11-14-26-40-41-29(32(4,5)6)43(26)16-19/h7-11,14-16,22-23H,12-13,17-18H2,1-6H3,(H2,36,37,38,39,45)/t22-,23+/m0/s1. The van der Waals surface area contributed by atoms with Crippen LogP contribution in [0.1, 0.15) is 99.8 Å². The molecule has 0 unspecified atom stereocenters. The highest BCUT2D eigenvalue weighted by Crippen LogP contribution is 2.39. The summed E-state index contributed by atoms with van der Waals surface area (Å²) in [5.74, 6) is -2.22. The van der Waals surface area contributed by atoms with Gasteiger partial charge in [0.05, 0.1) is 31.0 Å². The molecule has 0 bridgehead atoms. The Labute approximate surface area is 265 Å². The lowest BCUT2D eigenvalue weighted by Crippen LogP contribution is -2.58. The number of hydrogen-bond acceptors (Lipinski definition) is 7. The lowest BCUT2D eigenvalue weighted by molar-refractivity contribution is -0.113. The van der Waals surface area contributed by atoms with Gasteiger partial charge in [-0.25, -0.2) is 23.5 Å². The van der Waals surface area contributed by atoms with Crippen LogP contribution >= 0.6 is 0 Å². The van der Waals surface area contributed by atoms with E-state index in [-0.39, 0.29) is 29.2 Å². The molecule has 1 fully saturated rings. The molecule has 4 aromatic rings. The molecule has 13 heteroatoms. The van der Waals surface area contributed by atoms with Crippen LogP contribution in [0, 0.1) is 0 Å². The third kappa shape index (κ3) is 6.35. The number of halogens is 2. The number of rotatable bonds is 5. The Kier molecular flexibility index (Phi) is 7.68. The number of fused-ring (bicyclic) bond motifs is 2. The van der Waals surface area contributed by atoms with E-state index >= 15 is 0 Å². The SMILES string of the molecule is CC(C)(C)c1cc(NC(=O)N[C@H]2CC[C@@H](Oc3ccc4nnc(C(C)(C)C)n4c3)c3ccccc32)nc(C(=O)N2CC(F)(F)C2)n1. The molecule has 6 rings (SSSR count). The van der Waals surface area contributed by atoms with Gasteiger partial charge in [0, 0.05) is 16.9 Å². The number of likely N-dealkylation sites (tertiary alicyclic amines) is 1. The lowest BCUT2D eigenvalue weighted by Gasteiger charge is -2.38. The maximum atomic E-state index is 13.4. The van der Waals surface area contributed by atoms with Crippen LogP contribution in [-0.2, 0) is 10.8 Å². The Morgan fingerprint density at radius 3 is 2.33 bits per heavy atom. The van der Waals surface area contributed by atoms with Gasteiger partial charge in [-0.3, -0.25) is 14.5 Å². The average molecular weight is 633 g/mol. The molecule has 1 aliphatic heterocycles. The van der Waals surface area contributed by atoms with Crippen molar-refractivity contribution in [2.75, 3.05) is 18.4 Å². The van der Waals surface area contributed by atoms with Crippen LogP contribution in [0.15, 0.2) is 48.7 Å². The van der Waals surface area contributed by atoms with Crippen LogP contribution in [0.4, 0.5) is 19.4 Å². The van der Waals surface area contributed by atoms with E-state index in [0.717, 1.165) is 27.5 Å². The van der Waals surface area contributed by atoms with Crippen LogP contribution in [0.3, 0.4) is 0 Å². The van der Waals surface area contributed by atoms with Gasteiger partial charge < -0.3 is 15.0 Å². The number of carbonyl (C=O) groups excluding carboxylic acids is 2. The predicted octanol–water partition coefficient (Wildman–Crippen LogP) is 5.98. The number of anilines is 1. The highest BCUT2D eigenvalue weighted by atomic mass is 19.3. The van der Waals surface area contributed by atoms with Gasteiger partial charge in [0.15, 0.2) is 5.65 Å². The molecular formula is C33H38F2N8O3. The molecule has 2 aliphatic rings.